The number of hydrogen-bond acceptors (Lipinski definition) is 9. The molecule has 4 unspecified atom stereocenters. The maximum absolute atomic E-state index is 12.0. The number of aliphatic hydroxyl groups is 2. The van der Waals surface area contributed by atoms with E-state index in [0.717, 1.165) is 33.4 Å². The zero-order chi connectivity index (χ0) is 33.5. The number of methoxy groups -OCH3 is 1. The van der Waals surface area contributed by atoms with Gasteiger partial charge in [-0.2, -0.15) is 0 Å². The first-order valence-corrected chi connectivity index (χ1v) is 15.2. The fraction of sp³-hybridized carbons (Fsp3) is 0.297. The van der Waals surface area contributed by atoms with E-state index in [0.29, 0.717) is 30.3 Å². The molecule has 10 nitrogen and oxygen atoms in total. The first kappa shape index (κ1) is 33.6. The van der Waals surface area contributed by atoms with E-state index >= 15 is 0 Å². The average Bonchev–Trinajstić information content (AvgIpc) is 3.67. The van der Waals surface area contributed by atoms with E-state index in [-0.39, 0.29) is 18.8 Å². The number of carbonyl (C=O) groups excluding carboxylic acids is 1. The van der Waals surface area contributed by atoms with Gasteiger partial charge in [0, 0.05) is 0 Å². The van der Waals surface area contributed by atoms with Crippen LogP contribution in [0.2, 0.25) is 0 Å². The van der Waals surface area contributed by atoms with E-state index in [1.54, 1.807) is 24.3 Å². The maximum Gasteiger partial charge on any atom is 0.338 e. The highest BCUT2D eigenvalue weighted by atomic mass is 16.6. The lowest BCUT2D eigenvalue weighted by Crippen LogP contribution is -2.29. The summed E-state index contributed by atoms with van der Waals surface area (Å²) in [4.78, 5) is 23.3. The average molecular weight is 643 g/mol. The molecule has 2 aliphatic rings. The number of rotatable bonds is 8. The third-order valence-electron chi connectivity index (χ3n) is 7.83. The summed E-state index contributed by atoms with van der Waals surface area (Å²) >= 11 is 0. The third kappa shape index (κ3) is 8.75. The molecule has 4 atom stereocenters. The fourth-order valence-corrected chi connectivity index (χ4v) is 5.14. The normalized spacial score (nSPS) is 20.2. The van der Waals surface area contributed by atoms with Crippen LogP contribution in [0.4, 0.5) is 0 Å². The summed E-state index contributed by atoms with van der Waals surface area (Å²) in [6.45, 7) is 5.11. The first-order valence-electron chi connectivity index (χ1n) is 15.2. The number of benzene rings is 4. The zero-order valence-electron chi connectivity index (χ0n) is 26.4. The van der Waals surface area contributed by atoms with E-state index in [1.807, 2.05) is 68.4 Å². The Balaban J connectivity index is 0.000000185. The molecule has 4 aromatic carbocycles. The molecule has 0 aliphatic carbocycles. The third-order valence-corrected chi connectivity index (χ3v) is 7.83. The van der Waals surface area contributed by atoms with E-state index in [1.165, 1.54) is 13.2 Å². The lowest BCUT2D eigenvalue weighted by Gasteiger charge is -2.17. The van der Waals surface area contributed by atoms with Crippen LogP contribution in [0.1, 0.15) is 31.8 Å². The van der Waals surface area contributed by atoms with Crippen LogP contribution >= 0.6 is 0 Å². The van der Waals surface area contributed by atoms with Gasteiger partial charge in [-0.3, -0.25) is 0 Å². The summed E-state index contributed by atoms with van der Waals surface area (Å²) in [6.07, 6.45) is -2.30. The fourth-order valence-electron chi connectivity index (χ4n) is 5.14. The standard InChI is InChI=1S/C19H20O5.C18H18O5/c1-12-3-5-13(6-4-12)14-7-15(19(21)22-2)9-16(8-14)24-18-11-23-10-17(18)20;1-11-2-4-12(5-3-11)13-6-14(18(20)21)8-15(7-13)23-17-10-22-9-16(17)19/h3-9,17-18,20H,10-11H2,1-2H3;2-8,16-17,19H,9-10H2,1H3,(H,20,21). The van der Waals surface area contributed by atoms with E-state index in [9.17, 15) is 24.9 Å². The Kier molecular flexibility index (Phi) is 10.9. The highest BCUT2D eigenvalue weighted by Crippen LogP contribution is 2.30. The lowest BCUT2D eigenvalue weighted by atomic mass is 10.0. The van der Waals surface area contributed by atoms with Gasteiger partial charge in [0.05, 0.1) is 44.7 Å². The predicted octanol–water partition coefficient (Wildman–Crippen LogP) is 5.09. The molecule has 4 aromatic rings. The molecule has 0 bridgehead atoms. The Labute approximate surface area is 273 Å². The molecule has 10 heteroatoms. The van der Waals surface area contributed by atoms with Gasteiger partial charge in [0.25, 0.3) is 0 Å². The number of aliphatic hydroxyl groups excluding tert-OH is 2. The molecule has 0 aromatic heterocycles. The Morgan fingerprint density at radius 1 is 0.617 bits per heavy atom. The van der Waals surface area contributed by atoms with Crippen LogP contribution in [0, 0.1) is 13.8 Å². The number of aryl methyl sites for hydroxylation is 2. The van der Waals surface area contributed by atoms with Gasteiger partial charge in [0.15, 0.2) is 0 Å². The van der Waals surface area contributed by atoms with Crippen molar-refractivity contribution in [1.82, 2.24) is 0 Å². The van der Waals surface area contributed by atoms with E-state index in [2.05, 4.69) is 0 Å². The van der Waals surface area contributed by atoms with Crippen molar-refractivity contribution < 1.29 is 48.6 Å². The minimum atomic E-state index is -1.02. The summed E-state index contributed by atoms with van der Waals surface area (Å²) in [7, 11) is 1.34. The Hall–Kier alpha value is -4.74. The van der Waals surface area contributed by atoms with Crippen molar-refractivity contribution in [3.63, 3.8) is 0 Å². The SMILES string of the molecule is COC(=O)c1cc(OC2COCC2O)cc(-c2ccc(C)cc2)c1.Cc1ccc(-c2cc(OC3COCC3O)cc(C(=O)O)c2)cc1. The van der Waals surface area contributed by atoms with Gasteiger partial charge in [0.2, 0.25) is 0 Å². The van der Waals surface area contributed by atoms with Gasteiger partial charge in [-0.05, 0) is 72.5 Å². The second kappa shape index (κ2) is 15.2. The summed E-state index contributed by atoms with van der Waals surface area (Å²) in [6, 6.07) is 25.9. The van der Waals surface area contributed by atoms with Crippen molar-refractivity contribution in [2.45, 2.75) is 38.3 Å². The van der Waals surface area contributed by atoms with Crippen molar-refractivity contribution >= 4 is 11.9 Å². The second-order valence-corrected chi connectivity index (χ2v) is 11.5. The number of hydrogen-bond donors (Lipinski definition) is 3. The minimum Gasteiger partial charge on any atom is -0.485 e. The number of ether oxygens (including phenoxy) is 5. The van der Waals surface area contributed by atoms with Crippen LogP contribution in [-0.4, -0.2) is 85.2 Å². The zero-order valence-corrected chi connectivity index (χ0v) is 26.4. The van der Waals surface area contributed by atoms with Crippen molar-refractivity contribution in [3.05, 3.63) is 107 Å². The highest BCUT2D eigenvalue weighted by Gasteiger charge is 2.29. The molecule has 0 radical (unpaired) electrons. The summed E-state index contributed by atoms with van der Waals surface area (Å²) in [5.41, 5.74) is 6.32. The van der Waals surface area contributed by atoms with Crippen LogP contribution in [-0.2, 0) is 14.2 Å². The largest absolute Gasteiger partial charge is 0.485 e. The van der Waals surface area contributed by atoms with Crippen molar-refractivity contribution in [1.29, 1.82) is 0 Å². The second-order valence-electron chi connectivity index (χ2n) is 11.5. The molecule has 2 heterocycles. The summed E-state index contributed by atoms with van der Waals surface area (Å²) < 4.78 is 26.7. The first-order chi connectivity index (χ1) is 22.6. The Morgan fingerprint density at radius 3 is 1.43 bits per heavy atom. The van der Waals surface area contributed by atoms with Gasteiger partial charge in [-0.15, -0.1) is 0 Å². The van der Waals surface area contributed by atoms with Crippen LogP contribution in [0.5, 0.6) is 11.5 Å². The summed E-state index contributed by atoms with van der Waals surface area (Å²) in [5, 5.41) is 28.9. The molecule has 246 valence electrons. The molecule has 2 aliphatic heterocycles. The maximum atomic E-state index is 12.0. The van der Waals surface area contributed by atoms with Gasteiger partial charge in [-0.25, -0.2) is 9.59 Å². The number of carbonyl (C=O) groups is 2. The molecule has 3 N–H and O–H groups in total. The van der Waals surface area contributed by atoms with E-state index in [4.69, 9.17) is 23.7 Å². The van der Waals surface area contributed by atoms with Crippen LogP contribution in [0.3, 0.4) is 0 Å². The number of carboxylic acid groups (broad SMARTS) is 1. The quantitative estimate of drug-likeness (QED) is 0.223. The summed E-state index contributed by atoms with van der Waals surface area (Å²) in [5.74, 6) is -0.540. The number of carboxylic acids is 1. The van der Waals surface area contributed by atoms with Gasteiger partial charge < -0.3 is 39.0 Å². The molecular weight excluding hydrogens is 604 g/mol. The Morgan fingerprint density at radius 2 is 1.04 bits per heavy atom. The van der Waals surface area contributed by atoms with Crippen molar-refractivity contribution in [2.24, 2.45) is 0 Å². The van der Waals surface area contributed by atoms with Crippen molar-refractivity contribution in [2.75, 3.05) is 33.5 Å². The minimum absolute atomic E-state index is 0.145. The molecular formula is C37H38O10. The topological polar surface area (TPSA) is 141 Å². The number of esters is 1. The van der Waals surface area contributed by atoms with Gasteiger partial charge >= 0.3 is 11.9 Å². The molecule has 6 rings (SSSR count). The lowest BCUT2D eigenvalue weighted by molar-refractivity contribution is 0.0596. The van der Waals surface area contributed by atoms with Crippen LogP contribution in [0.15, 0.2) is 84.9 Å². The van der Waals surface area contributed by atoms with Crippen LogP contribution < -0.4 is 9.47 Å². The number of aromatic carboxylic acids is 1. The van der Waals surface area contributed by atoms with Gasteiger partial charge in [-0.1, -0.05) is 59.7 Å². The Bertz CT molecular complexity index is 1680. The highest BCUT2D eigenvalue weighted by molar-refractivity contribution is 5.92. The molecule has 2 saturated heterocycles. The predicted molar refractivity (Wildman–Crippen MR) is 174 cm³/mol. The monoisotopic (exact) mass is 642 g/mol. The smallest absolute Gasteiger partial charge is 0.338 e. The van der Waals surface area contributed by atoms with Crippen LogP contribution in [0.25, 0.3) is 22.3 Å². The molecule has 0 saturated carbocycles. The molecule has 0 amide bonds. The molecule has 2 fully saturated rings. The molecule has 47 heavy (non-hydrogen) atoms. The van der Waals surface area contributed by atoms with Crippen molar-refractivity contribution in [3.8, 4) is 33.8 Å². The molecule has 0 spiro atoms. The van der Waals surface area contributed by atoms with Gasteiger partial charge in [0.1, 0.15) is 35.9 Å². The van der Waals surface area contributed by atoms with E-state index < -0.39 is 36.4 Å².